The molecule has 0 heterocycles. The van der Waals surface area contributed by atoms with Gasteiger partial charge in [-0.05, 0) is 25.5 Å². The number of carbonyl (C=O) groups is 2. The van der Waals surface area contributed by atoms with Crippen LogP contribution >= 0.6 is 0 Å². The predicted molar refractivity (Wildman–Crippen MR) is 60.1 cm³/mol. The predicted octanol–water partition coefficient (Wildman–Crippen LogP) is 3.40. The lowest BCUT2D eigenvalue weighted by molar-refractivity contribution is 0.0915. The third-order valence-corrected chi connectivity index (χ3v) is 2.77. The molecule has 1 rings (SSSR count). The minimum absolute atomic E-state index is 0.0363. The minimum Gasteiger partial charge on any atom is -0.294 e. The zero-order chi connectivity index (χ0) is 13.2. The van der Waals surface area contributed by atoms with Gasteiger partial charge >= 0.3 is 0 Å². The summed E-state index contributed by atoms with van der Waals surface area (Å²) in [6.45, 7) is 4.73. The molecule has 0 saturated heterocycles. The Bertz CT molecular complexity index is 467. The largest absolute Gasteiger partial charge is 0.294 e. The molecule has 92 valence electrons. The molecule has 0 aliphatic heterocycles. The smallest absolute Gasteiger partial charge is 0.166 e. The topological polar surface area (TPSA) is 34.1 Å². The summed E-state index contributed by atoms with van der Waals surface area (Å²) in [5.74, 6) is -3.33. The van der Waals surface area contributed by atoms with Crippen LogP contribution in [0.4, 0.5) is 8.78 Å². The molecule has 0 aliphatic carbocycles. The van der Waals surface area contributed by atoms with Crippen LogP contribution in [0.5, 0.6) is 0 Å². The first-order chi connectivity index (χ1) is 7.88. The molecule has 0 spiro atoms. The second kappa shape index (κ2) is 5.17. The maximum absolute atomic E-state index is 13.1. The lowest BCUT2D eigenvalue weighted by Crippen LogP contribution is -2.15. The fourth-order valence-electron chi connectivity index (χ4n) is 1.49. The lowest BCUT2D eigenvalue weighted by atomic mass is 9.92. The molecule has 0 N–H and O–H groups in total. The highest BCUT2D eigenvalue weighted by molar-refractivity contribution is 6.08. The molecule has 1 atom stereocenters. The number of hydrogen-bond donors (Lipinski definition) is 0. The molecule has 17 heavy (non-hydrogen) atoms. The van der Waals surface area contributed by atoms with Crippen LogP contribution in [0.3, 0.4) is 0 Å². The Hall–Kier alpha value is -1.58. The van der Waals surface area contributed by atoms with E-state index in [0.29, 0.717) is 6.42 Å². The molecule has 0 aliphatic rings. The normalized spacial score (nSPS) is 12.3. The number of hydrogen-bond acceptors (Lipinski definition) is 2. The standard InChI is InChI=1S/C13H14F2O2/c1-4-7(2)13(17)10-6-12(15)11(14)5-9(10)8(3)16/h5-7H,4H2,1-3H3. The van der Waals surface area contributed by atoms with Crippen LogP contribution in [-0.2, 0) is 0 Å². The molecular formula is C13H14F2O2. The summed E-state index contributed by atoms with van der Waals surface area (Å²) in [4.78, 5) is 23.2. The van der Waals surface area contributed by atoms with Crippen LogP contribution in [0.15, 0.2) is 12.1 Å². The summed E-state index contributed by atoms with van der Waals surface area (Å²) in [6.07, 6.45) is 0.579. The Morgan fingerprint density at radius 1 is 1.18 bits per heavy atom. The first kappa shape index (κ1) is 13.5. The van der Waals surface area contributed by atoms with Gasteiger partial charge in [0.1, 0.15) is 0 Å². The maximum atomic E-state index is 13.1. The fraction of sp³-hybridized carbons (Fsp3) is 0.385. The quantitative estimate of drug-likeness (QED) is 0.756. The zero-order valence-electron chi connectivity index (χ0n) is 10.0. The summed E-state index contributed by atoms with van der Waals surface area (Å²) in [5.41, 5.74) is -0.0973. The second-order valence-electron chi connectivity index (χ2n) is 4.04. The van der Waals surface area contributed by atoms with Crippen molar-refractivity contribution < 1.29 is 18.4 Å². The van der Waals surface area contributed by atoms with Crippen molar-refractivity contribution in [2.24, 2.45) is 5.92 Å². The first-order valence-corrected chi connectivity index (χ1v) is 5.42. The van der Waals surface area contributed by atoms with Gasteiger partial charge in [-0.3, -0.25) is 9.59 Å². The van der Waals surface area contributed by atoms with E-state index in [1.165, 1.54) is 6.92 Å². The summed E-state index contributed by atoms with van der Waals surface area (Å²) < 4.78 is 26.1. The first-order valence-electron chi connectivity index (χ1n) is 5.42. The van der Waals surface area contributed by atoms with Gasteiger partial charge in [-0.2, -0.15) is 0 Å². The van der Waals surface area contributed by atoms with Crippen LogP contribution in [0, 0.1) is 17.6 Å². The van der Waals surface area contributed by atoms with Gasteiger partial charge in [0.25, 0.3) is 0 Å². The van der Waals surface area contributed by atoms with E-state index in [1.54, 1.807) is 6.92 Å². The Kier molecular flexibility index (Phi) is 4.10. The van der Waals surface area contributed by atoms with Gasteiger partial charge in [0.05, 0.1) is 0 Å². The Balaban J connectivity index is 3.36. The molecule has 0 aromatic heterocycles. The average Bonchev–Trinajstić information content (AvgIpc) is 2.29. The van der Waals surface area contributed by atoms with Gasteiger partial charge in [0.15, 0.2) is 23.2 Å². The Morgan fingerprint density at radius 3 is 2.06 bits per heavy atom. The molecule has 0 radical (unpaired) electrons. The van der Waals surface area contributed by atoms with Crippen molar-refractivity contribution in [1.82, 2.24) is 0 Å². The van der Waals surface area contributed by atoms with Crippen LogP contribution in [0.2, 0.25) is 0 Å². The van der Waals surface area contributed by atoms with Crippen LogP contribution < -0.4 is 0 Å². The van der Waals surface area contributed by atoms with E-state index in [0.717, 1.165) is 12.1 Å². The number of benzene rings is 1. The molecule has 0 bridgehead atoms. The molecule has 4 heteroatoms. The van der Waals surface area contributed by atoms with Gasteiger partial charge in [0, 0.05) is 17.0 Å². The number of Topliss-reactive ketones (excluding diaryl/α,β-unsaturated/α-hetero) is 2. The summed E-state index contributed by atoms with van der Waals surface area (Å²) >= 11 is 0. The molecule has 1 unspecified atom stereocenters. The zero-order valence-corrected chi connectivity index (χ0v) is 10.0. The number of halogens is 2. The van der Waals surface area contributed by atoms with Crippen molar-refractivity contribution in [2.75, 3.05) is 0 Å². The van der Waals surface area contributed by atoms with E-state index >= 15 is 0 Å². The monoisotopic (exact) mass is 240 g/mol. The molecule has 0 fully saturated rings. The van der Waals surface area contributed by atoms with Crippen molar-refractivity contribution in [3.63, 3.8) is 0 Å². The van der Waals surface area contributed by atoms with Crippen molar-refractivity contribution in [2.45, 2.75) is 27.2 Å². The van der Waals surface area contributed by atoms with Crippen LogP contribution in [0.25, 0.3) is 0 Å². The van der Waals surface area contributed by atoms with Gasteiger partial charge in [0.2, 0.25) is 0 Å². The van der Waals surface area contributed by atoms with E-state index in [2.05, 4.69) is 0 Å². The highest BCUT2D eigenvalue weighted by Gasteiger charge is 2.21. The van der Waals surface area contributed by atoms with Gasteiger partial charge in [-0.15, -0.1) is 0 Å². The van der Waals surface area contributed by atoms with Gasteiger partial charge in [-0.1, -0.05) is 13.8 Å². The third kappa shape index (κ3) is 2.75. The summed E-state index contributed by atoms with van der Waals surface area (Å²) in [7, 11) is 0. The molecule has 0 saturated carbocycles. The number of rotatable bonds is 4. The highest BCUT2D eigenvalue weighted by Crippen LogP contribution is 2.20. The van der Waals surface area contributed by atoms with E-state index in [4.69, 9.17) is 0 Å². The summed E-state index contributed by atoms with van der Waals surface area (Å²) in [5, 5.41) is 0. The highest BCUT2D eigenvalue weighted by atomic mass is 19.2. The lowest BCUT2D eigenvalue weighted by Gasteiger charge is -2.11. The molecule has 2 nitrogen and oxygen atoms in total. The summed E-state index contributed by atoms with van der Waals surface area (Å²) in [6, 6.07) is 1.59. The van der Waals surface area contributed by atoms with Crippen molar-refractivity contribution >= 4 is 11.6 Å². The van der Waals surface area contributed by atoms with Crippen molar-refractivity contribution in [3.8, 4) is 0 Å². The van der Waals surface area contributed by atoms with E-state index in [1.807, 2.05) is 6.92 Å². The van der Waals surface area contributed by atoms with Crippen LogP contribution in [0.1, 0.15) is 47.9 Å². The fourth-order valence-corrected chi connectivity index (χ4v) is 1.49. The van der Waals surface area contributed by atoms with E-state index in [-0.39, 0.29) is 22.8 Å². The van der Waals surface area contributed by atoms with Crippen molar-refractivity contribution in [1.29, 1.82) is 0 Å². The van der Waals surface area contributed by atoms with E-state index < -0.39 is 17.4 Å². The van der Waals surface area contributed by atoms with Gasteiger partial charge in [-0.25, -0.2) is 8.78 Å². The second-order valence-corrected chi connectivity index (χ2v) is 4.04. The molecule has 1 aromatic carbocycles. The van der Waals surface area contributed by atoms with E-state index in [9.17, 15) is 18.4 Å². The number of carbonyl (C=O) groups excluding carboxylic acids is 2. The average molecular weight is 240 g/mol. The van der Waals surface area contributed by atoms with Gasteiger partial charge < -0.3 is 0 Å². The Labute approximate surface area is 98.6 Å². The number of ketones is 2. The van der Waals surface area contributed by atoms with Crippen molar-refractivity contribution in [3.05, 3.63) is 34.9 Å². The SMILES string of the molecule is CCC(C)C(=O)c1cc(F)c(F)cc1C(C)=O. The Morgan fingerprint density at radius 2 is 1.65 bits per heavy atom. The third-order valence-electron chi connectivity index (χ3n) is 2.77. The maximum Gasteiger partial charge on any atom is 0.166 e. The molecular weight excluding hydrogens is 226 g/mol. The minimum atomic E-state index is -1.11. The molecule has 1 aromatic rings. The molecule has 0 amide bonds. The van der Waals surface area contributed by atoms with Crippen LogP contribution in [-0.4, -0.2) is 11.6 Å².